The number of carbonyl (C=O) groups is 1. The lowest BCUT2D eigenvalue weighted by molar-refractivity contribution is 0.0537. The summed E-state index contributed by atoms with van der Waals surface area (Å²) in [6.45, 7) is 0.557. The van der Waals surface area contributed by atoms with E-state index in [9.17, 15) is 14.0 Å². The lowest BCUT2D eigenvalue weighted by atomic mass is 10.1. The number of benzene rings is 1. The van der Waals surface area contributed by atoms with Crippen molar-refractivity contribution in [1.82, 2.24) is 10.0 Å². The van der Waals surface area contributed by atoms with Gasteiger partial charge in [-0.05, 0) is 31.0 Å². The molecule has 1 amide bonds. The van der Waals surface area contributed by atoms with Crippen molar-refractivity contribution in [3.8, 4) is 0 Å². The third kappa shape index (κ3) is 4.39. The smallest absolute Gasteiger partial charge is 0.278 e. The lowest BCUT2D eigenvalue weighted by Gasteiger charge is -2.13. The van der Waals surface area contributed by atoms with Crippen molar-refractivity contribution < 1.29 is 14.0 Å². The second kappa shape index (κ2) is 8.46. The summed E-state index contributed by atoms with van der Waals surface area (Å²) in [7, 11) is 1.32. The third-order valence-electron chi connectivity index (χ3n) is 3.56. The highest BCUT2D eigenvalue weighted by atomic mass is 79.9. The van der Waals surface area contributed by atoms with Gasteiger partial charge in [0.25, 0.3) is 11.5 Å². The molecule has 134 valence electrons. The summed E-state index contributed by atoms with van der Waals surface area (Å²) < 4.78 is 14.4. The highest BCUT2D eigenvalue weighted by molar-refractivity contribution is 9.10. The van der Waals surface area contributed by atoms with Gasteiger partial charge in [0.15, 0.2) is 0 Å². The summed E-state index contributed by atoms with van der Waals surface area (Å²) in [4.78, 5) is 28.2. The van der Waals surface area contributed by atoms with E-state index in [4.69, 9.17) is 17.3 Å². The molecule has 25 heavy (non-hydrogen) atoms. The minimum Gasteiger partial charge on any atom is -0.397 e. The van der Waals surface area contributed by atoms with Crippen molar-refractivity contribution >= 4 is 39.1 Å². The van der Waals surface area contributed by atoms with Crippen LogP contribution in [0.3, 0.4) is 0 Å². The maximum Gasteiger partial charge on any atom is 0.278 e. The number of carbonyl (C=O) groups excluding carboxylic acids is 1. The average molecular weight is 433 g/mol. The van der Waals surface area contributed by atoms with E-state index in [0.717, 1.165) is 10.9 Å². The molecular formula is C16H16BrClFN3O3. The number of hydrogen-bond acceptors (Lipinski definition) is 4. The first-order valence-electron chi connectivity index (χ1n) is 7.31. The summed E-state index contributed by atoms with van der Waals surface area (Å²) in [5.74, 6) is -0.697. The molecule has 1 aromatic heterocycles. The van der Waals surface area contributed by atoms with E-state index in [1.807, 2.05) is 0 Å². The number of hydrogen-bond donors (Lipinski definition) is 2. The molecule has 3 rings (SSSR count). The molecular weight excluding hydrogens is 417 g/mol. The van der Waals surface area contributed by atoms with Crippen molar-refractivity contribution in [2.45, 2.75) is 19.4 Å². The van der Waals surface area contributed by atoms with Gasteiger partial charge in [0, 0.05) is 16.7 Å². The second-order valence-electron chi connectivity index (χ2n) is 5.18. The van der Waals surface area contributed by atoms with E-state index in [1.54, 1.807) is 12.1 Å². The van der Waals surface area contributed by atoms with Gasteiger partial charge in [-0.2, -0.15) is 0 Å². The van der Waals surface area contributed by atoms with Gasteiger partial charge in [0.2, 0.25) is 0 Å². The quantitative estimate of drug-likeness (QED) is 0.715. The zero-order valence-electron chi connectivity index (χ0n) is 13.3. The van der Waals surface area contributed by atoms with Crippen LogP contribution in [0.15, 0.2) is 33.5 Å². The van der Waals surface area contributed by atoms with Crippen LogP contribution in [0.25, 0.3) is 0 Å². The Labute approximate surface area is 156 Å². The van der Waals surface area contributed by atoms with Crippen LogP contribution in [-0.4, -0.2) is 17.6 Å². The number of pyridine rings is 1. The molecule has 0 unspecified atom stereocenters. The third-order valence-corrected chi connectivity index (χ3v) is 4.42. The van der Waals surface area contributed by atoms with E-state index >= 15 is 0 Å². The summed E-state index contributed by atoms with van der Waals surface area (Å²) in [6, 6.07) is 6.26. The molecule has 1 aliphatic heterocycles. The Balaban J connectivity index is 0.000000236. The van der Waals surface area contributed by atoms with Gasteiger partial charge in [-0.3, -0.25) is 14.4 Å². The van der Waals surface area contributed by atoms with E-state index in [0.29, 0.717) is 18.7 Å². The molecule has 0 spiro atoms. The summed E-state index contributed by atoms with van der Waals surface area (Å²) in [5.41, 5.74) is 8.43. The number of halogens is 3. The molecule has 6 nitrogen and oxygen atoms in total. The van der Waals surface area contributed by atoms with Crippen LogP contribution >= 0.6 is 27.5 Å². The molecule has 0 aliphatic carbocycles. The normalized spacial score (nSPS) is 12.2. The molecule has 9 heteroatoms. The van der Waals surface area contributed by atoms with Crippen LogP contribution < -0.4 is 16.8 Å². The first-order chi connectivity index (χ1) is 11.9. The van der Waals surface area contributed by atoms with Crippen LogP contribution in [0.5, 0.6) is 0 Å². The fourth-order valence-electron chi connectivity index (χ4n) is 2.51. The Hall–Kier alpha value is -1.90. The van der Waals surface area contributed by atoms with Gasteiger partial charge in [0.05, 0.1) is 18.4 Å². The molecule has 1 aromatic carbocycles. The van der Waals surface area contributed by atoms with Crippen molar-refractivity contribution in [2.75, 3.05) is 12.8 Å². The Bertz CT molecular complexity index is 840. The first kappa shape index (κ1) is 19.4. The van der Waals surface area contributed by atoms with Crippen LogP contribution in [-0.2, 0) is 17.8 Å². The van der Waals surface area contributed by atoms with Crippen molar-refractivity contribution in [3.05, 3.63) is 61.2 Å². The number of nitrogen functional groups attached to an aromatic ring is 1. The number of nitrogens with one attached hydrogen (secondary N) is 1. The standard InChI is InChI=1S/C10H12ClN3O3.C6H4BrF/c1-17-13-9(15)6-5-3-2-4-14(5)10(16)7(11)8(6)12;7-5-2-1-3-6(8)4-5/h2-4,12H2,1H3,(H,13,15);1-4H. The minimum atomic E-state index is -0.488. The lowest BCUT2D eigenvalue weighted by Crippen LogP contribution is -2.30. The second-order valence-corrected chi connectivity index (χ2v) is 6.48. The van der Waals surface area contributed by atoms with Gasteiger partial charge in [-0.1, -0.05) is 33.6 Å². The summed E-state index contributed by atoms with van der Waals surface area (Å²) >= 11 is 8.95. The van der Waals surface area contributed by atoms with Crippen molar-refractivity contribution in [2.24, 2.45) is 0 Å². The Morgan fingerprint density at radius 3 is 2.76 bits per heavy atom. The topological polar surface area (TPSA) is 86.3 Å². The van der Waals surface area contributed by atoms with E-state index in [-0.39, 0.29) is 27.6 Å². The van der Waals surface area contributed by atoms with Gasteiger partial charge in [-0.15, -0.1) is 0 Å². The minimum absolute atomic E-state index is 0.0133. The molecule has 2 aromatic rings. The van der Waals surface area contributed by atoms with Gasteiger partial charge in [0.1, 0.15) is 10.8 Å². The molecule has 1 aliphatic rings. The Morgan fingerprint density at radius 1 is 1.48 bits per heavy atom. The highest BCUT2D eigenvalue weighted by Gasteiger charge is 2.26. The zero-order valence-corrected chi connectivity index (χ0v) is 15.7. The Morgan fingerprint density at radius 2 is 2.20 bits per heavy atom. The van der Waals surface area contributed by atoms with Gasteiger partial charge < -0.3 is 10.3 Å². The number of rotatable bonds is 2. The monoisotopic (exact) mass is 431 g/mol. The van der Waals surface area contributed by atoms with Crippen LogP contribution in [0.4, 0.5) is 10.1 Å². The number of amides is 1. The molecule has 2 heterocycles. The van der Waals surface area contributed by atoms with Gasteiger partial charge in [-0.25, -0.2) is 9.87 Å². The molecule has 0 saturated carbocycles. The zero-order chi connectivity index (χ0) is 18.6. The maximum absolute atomic E-state index is 12.1. The predicted octanol–water partition coefficient (Wildman–Crippen LogP) is 2.91. The molecule has 0 atom stereocenters. The number of anilines is 1. The van der Waals surface area contributed by atoms with Crippen LogP contribution in [0.1, 0.15) is 22.5 Å². The van der Waals surface area contributed by atoms with Gasteiger partial charge >= 0.3 is 0 Å². The Kier molecular flexibility index (Phi) is 6.57. The molecule has 0 fully saturated rings. The maximum atomic E-state index is 12.1. The number of nitrogens with two attached hydrogens (primary N) is 1. The largest absolute Gasteiger partial charge is 0.397 e. The van der Waals surface area contributed by atoms with E-state index < -0.39 is 5.91 Å². The van der Waals surface area contributed by atoms with E-state index in [1.165, 1.54) is 23.8 Å². The van der Waals surface area contributed by atoms with Crippen molar-refractivity contribution in [3.63, 3.8) is 0 Å². The molecule has 0 saturated heterocycles. The highest BCUT2D eigenvalue weighted by Crippen LogP contribution is 2.26. The SMILES string of the molecule is CONC(=O)c1c(N)c(Cl)c(=O)n2c1CCC2.Fc1cccc(Br)c1. The van der Waals surface area contributed by atoms with Crippen LogP contribution in [0, 0.1) is 5.82 Å². The molecule has 0 radical (unpaired) electrons. The number of hydroxylamine groups is 1. The fourth-order valence-corrected chi connectivity index (χ4v) is 3.08. The number of nitrogens with zero attached hydrogens (tertiary/aromatic N) is 1. The summed E-state index contributed by atoms with van der Waals surface area (Å²) in [5, 5.41) is -0.114. The van der Waals surface area contributed by atoms with Crippen molar-refractivity contribution in [1.29, 1.82) is 0 Å². The van der Waals surface area contributed by atoms with E-state index in [2.05, 4.69) is 26.2 Å². The van der Waals surface area contributed by atoms with Crippen LogP contribution in [0.2, 0.25) is 5.02 Å². The molecule has 0 bridgehead atoms. The summed E-state index contributed by atoms with van der Waals surface area (Å²) in [6.07, 6.45) is 1.42. The first-order valence-corrected chi connectivity index (χ1v) is 8.49. The fraction of sp³-hybridized carbons (Fsp3) is 0.250. The predicted molar refractivity (Wildman–Crippen MR) is 97.0 cm³/mol. The number of fused-ring (bicyclic) bond motifs is 1. The number of aromatic nitrogens is 1. The average Bonchev–Trinajstić information content (AvgIpc) is 3.03. The molecule has 3 N–H and O–H groups in total.